The van der Waals surface area contributed by atoms with Crippen LogP contribution in [-0.4, -0.2) is 101 Å². The van der Waals surface area contributed by atoms with Crippen LogP contribution in [0.4, 0.5) is 10.1 Å². The van der Waals surface area contributed by atoms with E-state index in [1.54, 1.807) is 21.0 Å². The average Bonchev–Trinajstić information content (AvgIpc) is 2.74. The molecule has 0 spiro atoms. The van der Waals surface area contributed by atoms with E-state index in [1.165, 1.54) is 24.3 Å². The first-order chi connectivity index (χ1) is 15.1. The molecule has 1 aliphatic carbocycles. The quantitative estimate of drug-likeness (QED) is 0.279. The highest BCUT2D eigenvalue weighted by Crippen LogP contribution is 2.46. The summed E-state index contributed by atoms with van der Waals surface area (Å²) in [4.78, 5) is 0. The van der Waals surface area contributed by atoms with Gasteiger partial charge in [0.2, 0.25) is 12.1 Å². The molecule has 3 aliphatic rings. The van der Waals surface area contributed by atoms with Gasteiger partial charge in [0.15, 0.2) is 0 Å². The third kappa shape index (κ3) is 3.81. The molecule has 2 aliphatic heterocycles. The van der Waals surface area contributed by atoms with E-state index in [4.69, 9.17) is 14.2 Å². The van der Waals surface area contributed by atoms with E-state index in [1.807, 2.05) is 0 Å². The minimum atomic E-state index is -2.30. The Morgan fingerprint density at radius 1 is 1.00 bits per heavy atom. The van der Waals surface area contributed by atoms with Gasteiger partial charge in [0.05, 0.1) is 24.3 Å². The van der Waals surface area contributed by atoms with Crippen molar-refractivity contribution in [3.8, 4) is 0 Å². The molecule has 3 fully saturated rings. The van der Waals surface area contributed by atoms with Crippen LogP contribution in [0.1, 0.15) is 13.3 Å². The standard InChI is InChI=1S/C21H32FN3O7/c1-10-8-20(28,9-25-12-6-4-11(22)5-7-12)21(29)19(30-10)31-18-16(27)13(23-2)15(26)14(24-3)17(18)32-21/h4-7,10,13-19,23-29H,8-9H2,1-3H3. The summed E-state index contributed by atoms with van der Waals surface area (Å²) in [7, 11) is 3.24. The van der Waals surface area contributed by atoms with Gasteiger partial charge in [0.25, 0.3) is 0 Å². The van der Waals surface area contributed by atoms with Crippen LogP contribution in [0.25, 0.3) is 0 Å². The lowest BCUT2D eigenvalue weighted by molar-refractivity contribution is -0.481. The summed E-state index contributed by atoms with van der Waals surface area (Å²) in [6, 6.07) is 4.17. The molecule has 1 saturated carbocycles. The molecule has 10 unspecified atom stereocenters. The van der Waals surface area contributed by atoms with Crippen molar-refractivity contribution in [2.75, 3.05) is 26.0 Å². The highest BCUT2D eigenvalue weighted by molar-refractivity contribution is 5.43. The largest absolute Gasteiger partial charge is 0.390 e. The number of rotatable bonds is 5. The molecule has 11 heteroatoms. The lowest BCUT2D eigenvalue weighted by Crippen LogP contribution is -2.81. The van der Waals surface area contributed by atoms with Crippen molar-refractivity contribution in [2.24, 2.45) is 0 Å². The number of fused-ring (bicyclic) bond motifs is 2. The number of hydrogen-bond donors (Lipinski definition) is 7. The van der Waals surface area contributed by atoms with Crippen molar-refractivity contribution < 1.29 is 39.0 Å². The predicted octanol–water partition coefficient (Wildman–Crippen LogP) is -1.51. The Labute approximate surface area is 185 Å². The highest BCUT2D eigenvalue weighted by atomic mass is 19.1. The molecule has 2 heterocycles. The molecule has 4 rings (SSSR count). The first-order valence-corrected chi connectivity index (χ1v) is 10.8. The fourth-order valence-electron chi connectivity index (χ4n) is 5.04. The predicted molar refractivity (Wildman–Crippen MR) is 111 cm³/mol. The number of ether oxygens (including phenoxy) is 3. The first kappa shape index (κ1) is 23.7. The zero-order valence-electron chi connectivity index (χ0n) is 18.2. The fourth-order valence-corrected chi connectivity index (χ4v) is 5.04. The molecule has 1 aromatic carbocycles. The van der Waals surface area contributed by atoms with E-state index < -0.39 is 66.1 Å². The van der Waals surface area contributed by atoms with Crippen LogP contribution in [0.3, 0.4) is 0 Å². The van der Waals surface area contributed by atoms with Crippen LogP contribution >= 0.6 is 0 Å². The van der Waals surface area contributed by atoms with Crippen molar-refractivity contribution in [3.63, 3.8) is 0 Å². The van der Waals surface area contributed by atoms with Crippen molar-refractivity contribution in [1.82, 2.24) is 10.6 Å². The number of anilines is 1. The van der Waals surface area contributed by atoms with E-state index in [2.05, 4.69) is 16.0 Å². The van der Waals surface area contributed by atoms with E-state index >= 15 is 0 Å². The van der Waals surface area contributed by atoms with Crippen molar-refractivity contribution in [1.29, 1.82) is 0 Å². The van der Waals surface area contributed by atoms with Gasteiger partial charge in [-0.05, 0) is 45.3 Å². The third-order valence-electron chi connectivity index (χ3n) is 6.78. The molecule has 32 heavy (non-hydrogen) atoms. The summed E-state index contributed by atoms with van der Waals surface area (Å²) in [5, 5.41) is 53.5. The van der Waals surface area contributed by atoms with Gasteiger partial charge in [0, 0.05) is 18.7 Å². The summed E-state index contributed by atoms with van der Waals surface area (Å²) in [6.07, 6.45) is -5.98. The maximum absolute atomic E-state index is 13.2. The summed E-state index contributed by atoms with van der Waals surface area (Å²) >= 11 is 0. The minimum Gasteiger partial charge on any atom is -0.390 e. The zero-order valence-corrected chi connectivity index (χ0v) is 18.2. The van der Waals surface area contributed by atoms with Gasteiger partial charge in [-0.1, -0.05) is 0 Å². The molecule has 0 aromatic heterocycles. The maximum atomic E-state index is 13.2. The van der Waals surface area contributed by atoms with Gasteiger partial charge in [-0.25, -0.2) is 4.39 Å². The number of likely N-dealkylation sites (N-methyl/N-ethyl adjacent to an activating group) is 2. The number of benzene rings is 1. The second kappa shape index (κ2) is 8.75. The lowest BCUT2D eigenvalue weighted by atomic mass is 9.77. The number of halogens is 1. The highest BCUT2D eigenvalue weighted by Gasteiger charge is 2.68. The van der Waals surface area contributed by atoms with E-state index in [-0.39, 0.29) is 13.0 Å². The third-order valence-corrected chi connectivity index (χ3v) is 6.78. The Balaban J connectivity index is 1.62. The van der Waals surface area contributed by atoms with Crippen molar-refractivity contribution in [3.05, 3.63) is 30.1 Å². The van der Waals surface area contributed by atoms with Gasteiger partial charge in [0.1, 0.15) is 29.7 Å². The second-order valence-electron chi connectivity index (χ2n) is 8.86. The number of nitrogens with one attached hydrogen (secondary N) is 3. The van der Waals surface area contributed by atoms with Crippen molar-refractivity contribution in [2.45, 2.75) is 73.6 Å². The zero-order chi connectivity index (χ0) is 23.3. The Kier molecular flexibility index (Phi) is 6.49. The second-order valence-corrected chi connectivity index (χ2v) is 8.86. The lowest BCUT2D eigenvalue weighted by Gasteiger charge is -2.60. The maximum Gasteiger partial charge on any atom is 0.250 e. The van der Waals surface area contributed by atoms with Crippen LogP contribution in [-0.2, 0) is 14.2 Å². The Hall–Kier alpha value is -1.41. The fraction of sp³-hybridized carbons (Fsp3) is 0.714. The molecule has 0 amide bonds. The summed E-state index contributed by atoms with van der Waals surface area (Å²) in [5.41, 5.74) is -1.31. The van der Waals surface area contributed by atoms with Crippen LogP contribution in [0.2, 0.25) is 0 Å². The molecular formula is C21H32FN3O7. The van der Waals surface area contributed by atoms with Crippen LogP contribution in [0.15, 0.2) is 24.3 Å². The van der Waals surface area contributed by atoms with Gasteiger partial charge < -0.3 is 50.6 Å². The van der Waals surface area contributed by atoms with Crippen LogP contribution in [0.5, 0.6) is 0 Å². The molecule has 1 aromatic rings. The number of hydrogen-bond acceptors (Lipinski definition) is 10. The first-order valence-electron chi connectivity index (χ1n) is 10.8. The van der Waals surface area contributed by atoms with Crippen LogP contribution < -0.4 is 16.0 Å². The van der Waals surface area contributed by atoms with Gasteiger partial charge in [-0.15, -0.1) is 0 Å². The Morgan fingerprint density at radius 3 is 2.28 bits per heavy atom. The SMILES string of the molecule is CNC1C(O)C(NC)C2OC3(O)C(OC(C)CC3(O)CNc3ccc(F)cc3)OC2C1O. The topological polar surface area (TPSA) is 145 Å². The molecular weight excluding hydrogens is 425 g/mol. The normalized spacial score (nSPS) is 46.2. The summed E-state index contributed by atoms with van der Waals surface area (Å²) in [5.74, 6) is -2.69. The smallest absolute Gasteiger partial charge is 0.250 e. The van der Waals surface area contributed by atoms with Crippen molar-refractivity contribution >= 4 is 5.69 Å². The molecule has 7 N–H and O–H groups in total. The molecule has 0 bridgehead atoms. The number of aliphatic hydroxyl groups excluding tert-OH is 2. The monoisotopic (exact) mass is 457 g/mol. The summed E-state index contributed by atoms with van der Waals surface area (Å²) in [6.45, 7) is 1.58. The molecule has 0 radical (unpaired) electrons. The van der Waals surface area contributed by atoms with Gasteiger partial charge in [-0.2, -0.15) is 0 Å². The summed E-state index contributed by atoms with van der Waals surface area (Å²) < 4.78 is 31.0. The van der Waals surface area contributed by atoms with Gasteiger partial charge >= 0.3 is 0 Å². The molecule has 10 nitrogen and oxygen atoms in total. The number of aliphatic hydroxyl groups is 4. The van der Waals surface area contributed by atoms with E-state index in [9.17, 15) is 24.8 Å². The van der Waals surface area contributed by atoms with E-state index in [0.717, 1.165) is 0 Å². The van der Waals surface area contributed by atoms with Crippen LogP contribution in [0, 0.1) is 5.82 Å². The minimum absolute atomic E-state index is 0.0173. The van der Waals surface area contributed by atoms with Gasteiger partial charge in [-0.3, -0.25) is 0 Å². The Bertz CT molecular complexity index is 804. The molecule has 10 atom stereocenters. The molecule has 180 valence electrons. The Morgan fingerprint density at radius 2 is 1.66 bits per heavy atom. The molecule has 2 saturated heterocycles. The average molecular weight is 457 g/mol. The van der Waals surface area contributed by atoms with E-state index in [0.29, 0.717) is 5.69 Å².